The SMILES string of the molecule is C=CC1=CC[C@@]2(O)[C@H]3Cc4ccc(O[Si](C)(C)C(C)(C)C)c5c4[C@@]2(CCN3CC2CC2)C1O5. The van der Waals surface area contributed by atoms with E-state index in [4.69, 9.17) is 9.16 Å². The number of nitrogens with zero attached hydrogens (tertiary/aromatic N) is 1. The van der Waals surface area contributed by atoms with Gasteiger partial charge in [0.05, 0.1) is 11.0 Å². The standard InChI is InChI=1S/C28H39NO3Si/c1-7-19-12-13-28(30)22-16-20-10-11-21(32-33(5,6)26(2,3)4)24-23(20)27(28,25(19)31-24)14-15-29(22)17-18-8-9-18/h7,10-12,18,22,25,30H,1,8-9,13-17H2,2-6H3/t22-,25?,27+,28-/m1/s1. The smallest absolute Gasteiger partial charge is 0.250 e. The monoisotopic (exact) mass is 465 g/mol. The van der Waals surface area contributed by atoms with Gasteiger partial charge >= 0.3 is 0 Å². The molecule has 0 amide bonds. The molecule has 0 aromatic heterocycles. The first kappa shape index (κ1) is 21.9. The van der Waals surface area contributed by atoms with E-state index >= 15 is 0 Å². The first-order valence-electron chi connectivity index (χ1n) is 12.8. The lowest BCUT2D eigenvalue weighted by atomic mass is 9.49. The number of likely N-dealkylation sites (tertiary alicyclic amines) is 1. The summed E-state index contributed by atoms with van der Waals surface area (Å²) >= 11 is 0. The Labute approximate surface area is 199 Å². The topological polar surface area (TPSA) is 41.9 Å². The summed E-state index contributed by atoms with van der Waals surface area (Å²) in [5, 5.41) is 12.7. The fourth-order valence-electron chi connectivity index (χ4n) is 6.83. The predicted octanol–water partition coefficient (Wildman–Crippen LogP) is 5.36. The molecule has 5 aliphatic rings. The summed E-state index contributed by atoms with van der Waals surface area (Å²) in [6.45, 7) is 17.7. The lowest BCUT2D eigenvalue weighted by Crippen LogP contribution is -2.75. The number of hydrogen-bond donors (Lipinski definition) is 1. The molecule has 2 bridgehead atoms. The Balaban J connectivity index is 1.51. The van der Waals surface area contributed by atoms with E-state index in [9.17, 15) is 5.11 Å². The molecule has 5 heteroatoms. The number of aliphatic hydroxyl groups is 1. The van der Waals surface area contributed by atoms with Crippen LogP contribution in [0.5, 0.6) is 11.5 Å². The molecular formula is C28H39NO3Si. The molecule has 0 radical (unpaired) electrons. The highest BCUT2D eigenvalue weighted by atomic mass is 28.4. The number of piperidine rings is 1. The van der Waals surface area contributed by atoms with E-state index in [1.165, 1.54) is 24.0 Å². The molecule has 2 fully saturated rings. The van der Waals surface area contributed by atoms with Crippen LogP contribution < -0.4 is 9.16 Å². The van der Waals surface area contributed by atoms with Crippen molar-refractivity contribution >= 4 is 8.32 Å². The minimum Gasteiger partial charge on any atom is -0.541 e. The van der Waals surface area contributed by atoms with E-state index in [-0.39, 0.29) is 17.2 Å². The summed E-state index contributed by atoms with van der Waals surface area (Å²) in [5.74, 6) is 2.58. The average molecular weight is 466 g/mol. The van der Waals surface area contributed by atoms with Crippen molar-refractivity contribution < 1.29 is 14.3 Å². The minimum absolute atomic E-state index is 0.103. The van der Waals surface area contributed by atoms with Crippen LogP contribution in [-0.4, -0.2) is 49.2 Å². The molecule has 4 nitrogen and oxygen atoms in total. The molecule has 2 aliphatic heterocycles. The normalized spacial score (nSPS) is 34.9. The van der Waals surface area contributed by atoms with Crippen LogP contribution in [0.3, 0.4) is 0 Å². The molecule has 2 heterocycles. The summed E-state index contributed by atoms with van der Waals surface area (Å²) in [6.07, 6.45) is 9.12. The lowest BCUT2D eigenvalue weighted by Gasteiger charge is -2.62. The molecule has 1 saturated heterocycles. The van der Waals surface area contributed by atoms with Crippen molar-refractivity contribution in [1.82, 2.24) is 4.90 Å². The highest BCUT2D eigenvalue weighted by Crippen LogP contribution is 2.66. The van der Waals surface area contributed by atoms with Gasteiger partial charge in [0.15, 0.2) is 5.75 Å². The van der Waals surface area contributed by atoms with Crippen LogP contribution in [0.25, 0.3) is 0 Å². The van der Waals surface area contributed by atoms with Crippen molar-refractivity contribution in [1.29, 1.82) is 0 Å². The maximum atomic E-state index is 12.5. The second-order valence-corrected chi connectivity index (χ2v) is 17.4. The van der Waals surface area contributed by atoms with Crippen molar-refractivity contribution in [3.05, 3.63) is 47.6 Å². The van der Waals surface area contributed by atoms with Crippen molar-refractivity contribution in [2.75, 3.05) is 13.1 Å². The Hall–Kier alpha value is -1.56. The van der Waals surface area contributed by atoms with Gasteiger partial charge in [0.1, 0.15) is 11.9 Å². The molecule has 3 aliphatic carbocycles. The van der Waals surface area contributed by atoms with E-state index in [2.05, 4.69) is 63.6 Å². The van der Waals surface area contributed by atoms with E-state index in [1.807, 2.05) is 6.08 Å². The fraction of sp³-hybridized carbons (Fsp3) is 0.643. The first-order valence-corrected chi connectivity index (χ1v) is 15.7. The molecule has 178 valence electrons. The summed E-state index contributed by atoms with van der Waals surface area (Å²) in [6, 6.07) is 4.56. The van der Waals surface area contributed by atoms with Crippen molar-refractivity contribution in [3.8, 4) is 11.5 Å². The third kappa shape index (κ3) is 2.82. The number of benzene rings is 1. The van der Waals surface area contributed by atoms with Crippen molar-refractivity contribution in [2.24, 2.45) is 5.92 Å². The van der Waals surface area contributed by atoms with E-state index in [1.54, 1.807) is 0 Å². The summed E-state index contributed by atoms with van der Waals surface area (Å²) < 4.78 is 13.7. The van der Waals surface area contributed by atoms with Crippen LogP contribution in [0.1, 0.15) is 57.6 Å². The molecule has 1 unspecified atom stereocenters. The maximum Gasteiger partial charge on any atom is 0.250 e. The van der Waals surface area contributed by atoms with Crippen LogP contribution in [0, 0.1) is 5.92 Å². The number of rotatable bonds is 5. The zero-order valence-electron chi connectivity index (χ0n) is 20.9. The molecule has 1 N–H and O–H groups in total. The molecule has 33 heavy (non-hydrogen) atoms. The third-order valence-corrected chi connectivity index (χ3v) is 14.2. The highest BCUT2D eigenvalue weighted by molar-refractivity contribution is 6.74. The van der Waals surface area contributed by atoms with Gasteiger partial charge < -0.3 is 14.3 Å². The summed E-state index contributed by atoms with van der Waals surface area (Å²) in [4.78, 5) is 2.60. The van der Waals surface area contributed by atoms with Crippen LogP contribution >= 0.6 is 0 Å². The molecule has 4 atom stereocenters. The average Bonchev–Trinajstić information content (AvgIpc) is 3.48. The molecule has 1 spiro atoms. The Morgan fingerprint density at radius 1 is 1.30 bits per heavy atom. The number of ether oxygens (including phenoxy) is 1. The van der Waals surface area contributed by atoms with Crippen LogP contribution in [0.15, 0.2) is 36.4 Å². The van der Waals surface area contributed by atoms with E-state index in [0.29, 0.717) is 6.42 Å². The van der Waals surface area contributed by atoms with E-state index in [0.717, 1.165) is 48.9 Å². The van der Waals surface area contributed by atoms with Gasteiger partial charge in [-0.2, -0.15) is 0 Å². The second-order valence-electron chi connectivity index (χ2n) is 12.7. The van der Waals surface area contributed by atoms with Crippen LogP contribution in [0.4, 0.5) is 0 Å². The summed E-state index contributed by atoms with van der Waals surface area (Å²) in [7, 11) is -2.04. The Morgan fingerprint density at radius 2 is 2.06 bits per heavy atom. The minimum atomic E-state index is -2.04. The predicted molar refractivity (Wildman–Crippen MR) is 135 cm³/mol. The lowest BCUT2D eigenvalue weighted by molar-refractivity contribution is -0.163. The maximum absolute atomic E-state index is 12.5. The van der Waals surface area contributed by atoms with Gasteiger partial charge in [-0.25, -0.2) is 0 Å². The van der Waals surface area contributed by atoms with Gasteiger partial charge in [-0.15, -0.1) is 0 Å². The largest absolute Gasteiger partial charge is 0.541 e. The molecule has 1 saturated carbocycles. The first-order chi connectivity index (χ1) is 15.5. The zero-order valence-corrected chi connectivity index (χ0v) is 21.9. The van der Waals surface area contributed by atoms with Crippen molar-refractivity contribution in [2.45, 2.75) is 94.2 Å². The second kappa shape index (κ2) is 6.77. The fourth-order valence-corrected chi connectivity index (χ4v) is 7.84. The zero-order chi connectivity index (χ0) is 23.4. The van der Waals surface area contributed by atoms with Gasteiger partial charge in [-0.05, 0) is 79.9 Å². The Bertz CT molecular complexity index is 1050. The van der Waals surface area contributed by atoms with Gasteiger partial charge in [0.2, 0.25) is 0 Å². The van der Waals surface area contributed by atoms with Gasteiger partial charge in [-0.3, -0.25) is 4.90 Å². The Morgan fingerprint density at radius 3 is 2.73 bits per heavy atom. The number of hydrogen-bond acceptors (Lipinski definition) is 4. The van der Waals surface area contributed by atoms with Crippen LogP contribution in [-0.2, 0) is 11.8 Å². The molecular weight excluding hydrogens is 426 g/mol. The molecule has 1 aromatic rings. The van der Waals surface area contributed by atoms with Gasteiger partial charge in [0.25, 0.3) is 8.32 Å². The molecule has 1 aromatic carbocycles. The Kier molecular flexibility index (Phi) is 4.50. The quantitative estimate of drug-likeness (QED) is 0.595. The summed E-state index contributed by atoms with van der Waals surface area (Å²) in [5.41, 5.74) is 2.48. The molecule has 6 rings (SSSR count). The van der Waals surface area contributed by atoms with Crippen molar-refractivity contribution in [3.63, 3.8) is 0 Å². The van der Waals surface area contributed by atoms with Gasteiger partial charge in [0, 0.05) is 18.2 Å². The van der Waals surface area contributed by atoms with Gasteiger partial charge in [-0.1, -0.05) is 45.6 Å². The third-order valence-electron chi connectivity index (χ3n) is 9.86. The van der Waals surface area contributed by atoms with Crippen LogP contribution in [0.2, 0.25) is 18.1 Å². The highest BCUT2D eigenvalue weighted by Gasteiger charge is 2.71. The van der Waals surface area contributed by atoms with E-state index < -0.39 is 19.3 Å².